The highest BCUT2D eigenvalue weighted by Gasteiger charge is 2.35. The van der Waals surface area contributed by atoms with Crippen molar-refractivity contribution in [1.29, 1.82) is 0 Å². The van der Waals surface area contributed by atoms with E-state index in [-0.39, 0.29) is 23.5 Å². The van der Waals surface area contributed by atoms with Crippen LogP contribution in [0.3, 0.4) is 0 Å². The van der Waals surface area contributed by atoms with Gasteiger partial charge in [-0.1, -0.05) is 30.0 Å². The van der Waals surface area contributed by atoms with Crippen LogP contribution in [0.15, 0.2) is 47.9 Å². The number of hydrogen-bond donors (Lipinski definition) is 0. The van der Waals surface area contributed by atoms with Crippen LogP contribution in [0.5, 0.6) is 0 Å². The zero-order chi connectivity index (χ0) is 21.3. The lowest BCUT2D eigenvalue weighted by Crippen LogP contribution is -2.44. The number of carbonyl (C=O) groups excluding carboxylic acids is 1. The van der Waals surface area contributed by atoms with Gasteiger partial charge in [-0.25, -0.2) is 23.1 Å². The third kappa shape index (κ3) is 4.06. The van der Waals surface area contributed by atoms with Gasteiger partial charge >= 0.3 is 0 Å². The summed E-state index contributed by atoms with van der Waals surface area (Å²) in [5.41, 5.74) is 1.57. The van der Waals surface area contributed by atoms with Crippen molar-refractivity contribution >= 4 is 38.5 Å². The Kier molecular flexibility index (Phi) is 5.79. The van der Waals surface area contributed by atoms with Crippen molar-refractivity contribution in [2.24, 2.45) is 0 Å². The first-order valence-corrected chi connectivity index (χ1v) is 12.5. The maximum absolute atomic E-state index is 13.1. The van der Waals surface area contributed by atoms with Gasteiger partial charge in [0.25, 0.3) is 0 Å². The second kappa shape index (κ2) is 8.35. The van der Waals surface area contributed by atoms with E-state index in [0.29, 0.717) is 23.6 Å². The fourth-order valence-corrected chi connectivity index (χ4v) is 6.42. The number of rotatable bonds is 6. The standard InChI is InChI=1S/C20H23N5O3S2/c1-3-24(16-9-10-30(27,28)12-16)20(26)14(2)29-19-17-11-23-25(18(17)21-13-22-19)15-7-5-4-6-8-15/h4-8,11,13-14,16H,3,9-10,12H2,1-2H3/t14-,16+/m1/s1. The van der Waals surface area contributed by atoms with Gasteiger partial charge in [-0.2, -0.15) is 5.10 Å². The van der Waals surface area contributed by atoms with Gasteiger partial charge in [0.05, 0.1) is 34.0 Å². The minimum absolute atomic E-state index is 0.0472. The Hall–Kier alpha value is -2.46. The summed E-state index contributed by atoms with van der Waals surface area (Å²) < 4.78 is 25.4. The summed E-state index contributed by atoms with van der Waals surface area (Å²) in [4.78, 5) is 23.5. The molecule has 1 saturated heterocycles. The zero-order valence-corrected chi connectivity index (χ0v) is 18.4. The summed E-state index contributed by atoms with van der Waals surface area (Å²) in [5, 5.41) is 5.49. The second-order valence-electron chi connectivity index (χ2n) is 7.25. The summed E-state index contributed by atoms with van der Waals surface area (Å²) in [6, 6.07) is 9.45. The first-order valence-electron chi connectivity index (χ1n) is 9.81. The lowest BCUT2D eigenvalue weighted by molar-refractivity contribution is -0.131. The fraction of sp³-hybridized carbons (Fsp3) is 0.400. The molecule has 1 aliphatic heterocycles. The average molecular weight is 446 g/mol. The Morgan fingerprint density at radius 2 is 2.07 bits per heavy atom. The van der Waals surface area contributed by atoms with Crippen LogP contribution < -0.4 is 0 Å². The number of para-hydroxylation sites is 1. The highest BCUT2D eigenvalue weighted by atomic mass is 32.2. The largest absolute Gasteiger partial charge is 0.338 e. The number of sulfone groups is 1. The van der Waals surface area contributed by atoms with Crippen molar-refractivity contribution in [2.45, 2.75) is 36.6 Å². The molecule has 8 nitrogen and oxygen atoms in total. The van der Waals surface area contributed by atoms with E-state index in [0.717, 1.165) is 11.1 Å². The number of amides is 1. The molecule has 4 rings (SSSR count). The summed E-state index contributed by atoms with van der Waals surface area (Å²) in [5.74, 6) is 0.117. The molecule has 1 aliphatic rings. The first-order chi connectivity index (χ1) is 14.4. The van der Waals surface area contributed by atoms with E-state index in [1.807, 2.05) is 44.2 Å². The quantitative estimate of drug-likeness (QED) is 0.424. The van der Waals surface area contributed by atoms with Gasteiger partial charge in [-0.15, -0.1) is 0 Å². The zero-order valence-electron chi connectivity index (χ0n) is 16.8. The van der Waals surface area contributed by atoms with Crippen LogP contribution in [0.1, 0.15) is 20.3 Å². The molecule has 1 amide bonds. The van der Waals surface area contributed by atoms with E-state index in [1.165, 1.54) is 18.1 Å². The Morgan fingerprint density at radius 3 is 2.73 bits per heavy atom. The van der Waals surface area contributed by atoms with Crippen LogP contribution in [-0.2, 0) is 14.6 Å². The number of nitrogens with zero attached hydrogens (tertiary/aromatic N) is 5. The Balaban J connectivity index is 1.56. The van der Waals surface area contributed by atoms with Gasteiger partial charge in [0, 0.05) is 12.6 Å². The van der Waals surface area contributed by atoms with E-state index in [4.69, 9.17) is 0 Å². The van der Waals surface area contributed by atoms with Crippen LogP contribution in [0, 0.1) is 0 Å². The molecule has 3 aromatic rings. The molecule has 0 spiro atoms. The Labute approximate surface area is 179 Å². The number of fused-ring (bicyclic) bond motifs is 1. The molecule has 0 N–H and O–H groups in total. The van der Waals surface area contributed by atoms with Crippen molar-refractivity contribution in [2.75, 3.05) is 18.1 Å². The van der Waals surface area contributed by atoms with E-state index in [2.05, 4.69) is 15.1 Å². The number of benzene rings is 1. The van der Waals surface area contributed by atoms with E-state index >= 15 is 0 Å². The number of hydrogen-bond acceptors (Lipinski definition) is 7. The molecule has 3 heterocycles. The average Bonchev–Trinajstić information content (AvgIpc) is 3.33. The van der Waals surface area contributed by atoms with Crippen molar-refractivity contribution in [3.63, 3.8) is 0 Å². The molecule has 1 aromatic carbocycles. The topological polar surface area (TPSA) is 98.1 Å². The predicted octanol–water partition coefficient (Wildman–Crippen LogP) is 2.33. The molecular weight excluding hydrogens is 422 g/mol. The predicted molar refractivity (Wildman–Crippen MR) is 116 cm³/mol. The van der Waals surface area contributed by atoms with Crippen molar-refractivity contribution in [1.82, 2.24) is 24.6 Å². The molecule has 30 heavy (non-hydrogen) atoms. The Morgan fingerprint density at radius 1 is 1.30 bits per heavy atom. The molecule has 0 radical (unpaired) electrons. The highest BCUT2D eigenvalue weighted by molar-refractivity contribution is 8.00. The first kappa shape index (κ1) is 20.8. The minimum Gasteiger partial charge on any atom is -0.338 e. The summed E-state index contributed by atoms with van der Waals surface area (Å²) in [7, 11) is -3.05. The minimum atomic E-state index is -3.05. The van der Waals surface area contributed by atoms with E-state index in [1.54, 1.807) is 15.8 Å². The molecule has 158 valence electrons. The van der Waals surface area contributed by atoms with Gasteiger partial charge in [-0.05, 0) is 32.4 Å². The van der Waals surface area contributed by atoms with Crippen molar-refractivity contribution < 1.29 is 13.2 Å². The van der Waals surface area contributed by atoms with Gasteiger partial charge < -0.3 is 4.90 Å². The van der Waals surface area contributed by atoms with Crippen LogP contribution in [0.2, 0.25) is 0 Å². The summed E-state index contributed by atoms with van der Waals surface area (Å²) in [6.45, 7) is 4.19. The lowest BCUT2D eigenvalue weighted by atomic mass is 10.2. The Bertz CT molecular complexity index is 1160. The lowest BCUT2D eigenvalue weighted by Gasteiger charge is -2.29. The molecule has 0 aliphatic carbocycles. The molecule has 2 atom stereocenters. The third-order valence-electron chi connectivity index (χ3n) is 5.24. The summed E-state index contributed by atoms with van der Waals surface area (Å²) in [6.07, 6.45) is 3.69. The van der Waals surface area contributed by atoms with E-state index < -0.39 is 15.1 Å². The van der Waals surface area contributed by atoms with Crippen LogP contribution in [0.4, 0.5) is 0 Å². The van der Waals surface area contributed by atoms with Crippen molar-refractivity contribution in [3.8, 4) is 5.69 Å². The molecule has 2 aromatic heterocycles. The SMILES string of the molecule is CCN(C(=O)[C@@H](C)Sc1ncnc2c1cnn2-c1ccccc1)[C@H]1CCS(=O)(=O)C1. The number of aromatic nitrogens is 4. The smallest absolute Gasteiger partial charge is 0.236 e. The van der Waals surface area contributed by atoms with Gasteiger partial charge in [0.1, 0.15) is 11.4 Å². The van der Waals surface area contributed by atoms with Gasteiger partial charge in [0.15, 0.2) is 15.5 Å². The monoisotopic (exact) mass is 445 g/mol. The maximum Gasteiger partial charge on any atom is 0.236 e. The molecule has 1 fully saturated rings. The molecule has 0 bridgehead atoms. The van der Waals surface area contributed by atoms with Gasteiger partial charge in [-0.3, -0.25) is 4.79 Å². The number of thioether (sulfide) groups is 1. The van der Waals surface area contributed by atoms with Crippen LogP contribution in [0.25, 0.3) is 16.7 Å². The van der Waals surface area contributed by atoms with Crippen LogP contribution in [-0.4, -0.2) is 68.3 Å². The molecular formula is C20H23N5O3S2. The normalized spacial score (nSPS) is 19.1. The van der Waals surface area contributed by atoms with Crippen LogP contribution >= 0.6 is 11.8 Å². The molecule has 10 heteroatoms. The number of carbonyl (C=O) groups is 1. The third-order valence-corrected chi connectivity index (χ3v) is 8.09. The molecule has 0 unspecified atom stereocenters. The fourth-order valence-electron chi connectivity index (χ4n) is 3.74. The van der Waals surface area contributed by atoms with Gasteiger partial charge in [0.2, 0.25) is 5.91 Å². The second-order valence-corrected chi connectivity index (χ2v) is 10.8. The highest BCUT2D eigenvalue weighted by Crippen LogP contribution is 2.30. The van der Waals surface area contributed by atoms with Crippen molar-refractivity contribution in [3.05, 3.63) is 42.9 Å². The maximum atomic E-state index is 13.1. The molecule has 0 saturated carbocycles. The van der Waals surface area contributed by atoms with E-state index in [9.17, 15) is 13.2 Å². The summed E-state index contributed by atoms with van der Waals surface area (Å²) >= 11 is 1.35.